The molecule has 1 saturated carbocycles. The number of rotatable bonds is 13. The van der Waals surface area contributed by atoms with E-state index in [1.807, 2.05) is 13.8 Å². The Labute approximate surface area is 523 Å². The van der Waals surface area contributed by atoms with Crippen LogP contribution in [0, 0.1) is 24.7 Å². The number of nitrogens with zero attached hydrogens (tertiary/aromatic N) is 7. The molecule has 8 heterocycles. The van der Waals surface area contributed by atoms with Crippen LogP contribution >= 0.6 is 68.0 Å². The Morgan fingerprint density at radius 3 is 2.11 bits per heavy atom. The molecule has 30 heteroatoms. The summed E-state index contributed by atoms with van der Waals surface area (Å²) in [7, 11) is 2.95. The van der Waals surface area contributed by atoms with Gasteiger partial charge < -0.3 is 52.8 Å². The molecule has 4 atom stereocenters. The van der Waals surface area contributed by atoms with Crippen LogP contribution in [0.4, 0.5) is 5.82 Å². The van der Waals surface area contributed by atoms with Gasteiger partial charge in [-0.1, -0.05) is 44.2 Å². The van der Waals surface area contributed by atoms with Gasteiger partial charge in [0.1, 0.15) is 82.2 Å². The zero-order valence-electron chi connectivity index (χ0n) is 47.6. The van der Waals surface area contributed by atoms with E-state index in [1.165, 1.54) is 70.8 Å². The molecule has 8 aromatic rings. The van der Waals surface area contributed by atoms with E-state index >= 15 is 0 Å². The number of hydrogen-bond acceptors (Lipinski definition) is 23. The highest BCUT2D eigenvalue weighted by atomic mass is 32.1. The fourth-order valence-electron chi connectivity index (χ4n) is 9.83. The molecule has 7 aromatic heterocycles. The SMILES string of the molecule is CNC(=O)C[C@@H]1NC(=O)c2csc(n2)-c2ccc(-c3nc(NC(=O)C4CCC(C(=O)NCCN)CC4)cs3)nc2-c2csc(n2)-c2csc(n2)[C@H]([C@@H](O)c2ccccc2)NC(=O)CNC(=O)c2nc(sc2COC)[C@@H](C(C)C)NC(=O)c2nc1sc2C. The second-order valence-electron chi connectivity index (χ2n) is 20.8. The zero-order chi connectivity index (χ0) is 61.5. The van der Waals surface area contributed by atoms with Gasteiger partial charge in [0.05, 0.1) is 42.2 Å². The lowest BCUT2D eigenvalue weighted by atomic mass is 9.81. The van der Waals surface area contributed by atoms with Crippen molar-refractivity contribution in [2.45, 2.75) is 83.7 Å². The topological polar surface area (TPSA) is 349 Å². The van der Waals surface area contributed by atoms with Crippen LogP contribution in [-0.4, -0.2) is 115 Å². The number of aliphatic hydroxyl groups excluding tert-OH is 1. The number of anilines is 1. The number of aliphatic hydroxyl groups is 1. The largest absolute Gasteiger partial charge is 0.386 e. The van der Waals surface area contributed by atoms with E-state index in [4.69, 9.17) is 45.4 Å². The minimum Gasteiger partial charge on any atom is -0.386 e. The zero-order valence-corrected chi connectivity index (χ0v) is 52.5. The quantitative estimate of drug-likeness (QED) is 0.0554. The molecule has 0 radical (unpaired) electrons. The van der Waals surface area contributed by atoms with Crippen LogP contribution in [0.25, 0.3) is 43.4 Å². The van der Waals surface area contributed by atoms with Crippen LogP contribution in [-0.2, 0) is 30.5 Å². The number of carbonyl (C=O) groups is 7. The minimum absolute atomic E-state index is 0.000817. The molecule has 10 rings (SSSR count). The van der Waals surface area contributed by atoms with Gasteiger partial charge in [0.2, 0.25) is 23.6 Å². The minimum atomic E-state index is -1.28. The molecule has 0 unspecified atom stereocenters. The first-order chi connectivity index (χ1) is 42.0. The number of fused-ring (bicyclic) bond motifs is 14. The van der Waals surface area contributed by atoms with E-state index in [-0.39, 0.29) is 59.7 Å². The molecule has 0 spiro atoms. The summed E-state index contributed by atoms with van der Waals surface area (Å²) in [6.45, 7) is 5.73. The smallest absolute Gasteiger partial charge is 0.271 e. The molecule has 1 aliphatic carbocycles. The van der Waals surface area contributed by atoms with E-state index < -0.39 is 60.3 Å². The van der Waals surface area contributed by atoms with Crippen LogP contribution in [0.2, 0.25) is 0 Å². The summed E-state index contributed by atoms with van der Waals surface area (Å²) in [6.07, 6.45) is 0.775. The van der Waals surface area contributed by atoms with E-state index in [0.717, 1.165) is 11.3 Å². The Bertz CT molecular complexity index is 3830. The maximum Gasteiger partial charge on any atom is 0.271 e. The molecule has 10 N–H and O–H groups in total. The Morgan fingerprint density at radius 2 is 1.38 bits per heavy atom. The number of pyridine rings is 1. The van der Waals surface area contributed by atoms with Crippen LogP contribution in [0.15, 0.2) is 64.0 Å². The van der Waals surface area contributed by atoms with Crippen molar-refractivity contribution in [3.63, 3.8) is 0 Å². The lowest BCUT2D eigenvalue weighted by Crippen LogP contribution is -2.40. The molecule has 1 aliphatic heterocycles. The average molecular weight is 1290 g/mol. The third kappa shape index (κ3) is 14.5. The number of ether oxygens (including phenoxy) is 1. The van der Waals surface area contributed by atoms with Crippen molar-refractivity contribution < 1.29 is 43.4 Å². The fourth-order valence-corrected chi connectivity index (χ4v) is 15.3. The van der Waals surface area contributed by atoms with Crippen molar-refractivity contribution >= 4 is 115 Å². The average Bonchev–Trinajstić information content (AvgIpc) is 2.59. The first-order valence-corrected chi connectivity index (χ1v) is 32.9. The predicted octanol–water partition coefficient (Wildman–Crippen LogP) is 7.13. The van der Waals surface area contributed by atoms with Crippen molar-refractivity contribution in [3.05, 3.63) is 111 Å². The number of amides is 7. The lowest BCUT2D eigenvalue weighted by molar-refractivity contribution is -0.128. The van der Waals surface area contributed by atoms with Crippen molar-refractivity contribution in [1.29, 1.82) is 0 Å². The Balaban J connectivity index is 1.01. The predicted molar refractivity (Wildman–Crippen MR) is 333 cm³/mol. The first-order valence-electron chi connectivity index (χ1n) is 27.7. The van der Waals surface area contributed by atoms with Crippen molar-refractivity contribution in [2.75, 3.05) is 39.1 Å². The number of aromatic nitrogens is 7. The molecule has 87 heavy (non-hydrogen) atoms. The van der Waals surface area contributed by atoms with Crippen LogP contribution in [0.5, 0.6) is 0 Å². The van der Waals surface area contributed by atoms with Gasteiger partial charge >= 0.3 is 0 Å². The Hall–Kier alpha value is -7.68. The summed E-state index contributed by atoms with van der Waals surface area (Å²) in [5.41, 5.74) is 8.35. The number of benzene rings is 1. The van der Waals surface area contributed by atoms with E-state index in [2.05, 4.69) is 37.2 Å². The van der Waals surface area contributed by atoms with Crippen molar-refractivity contribution in [1.82, 2.24) is 66.8 Å². The monoisotopic (exact) mass is 1290 g/mol. The summed E-state index contributed by atoms with van der Waals surface area (Å²) in [4.78, 5) is 131. The summed E-state index contributed by atoms with van der Waals surface area (Å²) >= 11 is 7.24. The van der Waals surface area contributed by atoms with Gasteiger partial charge in [0.15, 0.2) is 0 Å². The number of hydrogen-bond donors (Lipinski definition) is 9. The first kappa shape index (κ1) is 62.4. The van der Waals surface area contributed by atoms with Gasteiger partial charge in [0, 0.05) is 71.0 Å². The number of methoxy groups -OCH3 is 1. The standard InChI is InChI=1S/C57H61N15O9S6/c1-26(2)41-57-72-44(37(87-57)21-81-5)50(79)61-20-40(74)69-45(46(75)28-9-7-6-8-10-28)56-66-36(24-84-56)54-64-34(22-83-54)43-31(52-65-35(23-82-52)49(78)63-33(19-39(73)59-4)55-71-42(27(3)86-55)51(80)70-41)15-16-32(62-43)53-68-38(25-85-53)67-48(77)30-13-11-29(12-14-30)47(76)60-18-17-58/h6-10,15-16,22-26,29-30,33,41,45-46,75H,11-14,17-21,58H2,1-5H3,(H,59,73)(H,60,76)(H,61,79)(H,63,78)(H,67,77)(H,69,74)(H,70,80)/t29?,30?,33-,41+,45-,46-/m0/s1. The molecule has 1 fully saturated rings. The summed E-state index contributed by atoms with van der Waals surface area (Å²) in [5.74, 6) is -3.47. The van der Waals surface area contributed by atoms with E-state index in [0.29, 0.717) is 118 Å². The van der Waals surface area contributed by atoms with Crippen LogP contribution < -0.4 is 43.0 Å². The van der Waals surface area contributed by atoms with Gasteiger partial charge in [-0.25, -0.2) is 34.9 Å². The lowest BCUT2D eigenvalue weighted by Gasteiger charge is -2.26. The van der Waals surface area contributed by atoms with Gasteiger partial charge in [-0.2, -0.15) is 0 Å². The third-order valence-corrected chi connectivity index (χ3v) is 20.1. The number of nitrogens with one attached hydrogen (secondary N) is 7. The molecule has 0 saturated heterocycles. The number of thiazole rings is 6. The second-order valence-corrected chi connectivity index (χ2v) is 26.6. The molecule has 2 aliphatic rings. The number of aryl methyl sites for hydroxylation is 1. The Kier molecular flexibility index (Phi) is 20.1. The maximum absolute atomic E-state index is 14.3. The summed E-state index contributed by atoms with van der Waals surface area (Å²) in [5, 5.41) is 41.2. The van der Waals surface area contributed by atoms with E-state index in [1.54, 1.807) is 70.9 Å². The Morgan fingerprint density at radius 1 is 0.690 bits per heavy atom. The fraction of sp³-hybridized carbons (Fsp3) is 0.368. The van der Waals surface area contributed by atoms with Crippen molar-refractivity contribution in [3.8, 4) is 43.4 Å². The van der Waals surface area contributed by atoms with Gasteiger partial charge in [-0.3, -0.25) is 33.6 Å². The molecule has 10 bridgehead atoms. The molecular formula is C57H61N15O9S6. The highest BCUT2D eigenvalue weighted by Crippen LogP contribution is 2.40. The van der Waals surface area contributed by atoms with Gasteiger partial charge in [-0.05, 0) is 56.2 Å². The van der Waals surface area contributed by atoms with Crippen LogP contribution in [0.3, 0.4) is 0 Å². The van der Waals surface area contributed by atoms with Crippen molar-refractivity contribution in [2.24, 2.45) is 23.5 Å². The normalized spacial score (nSPS) is 18.8. The number of nitrogens with two attached hydrogens (primary N) is 1. The number of carbonyl (C=O) groups excluding carboxylic acids is 7. The second kappa shape index (κ2) is 28.0. The molecule has 7 amide bonds. The summed E-state index contributed by atoms with van der Waals surface area (Å²) < 4.78 is 5.46. The summed E-state index contributed by atoms with van der Waals surface area (Å²) in [6, 6.07) is 9.56. The molecule has 1 aromatic carbocycles. The molecule has 24 nitrogen and oxygen atoms in total. The van der Waals surface area contributed by atoms with E-state index in [9.17, 15) is 38.7 Å². The highest BCUT2D eigenvalue weighted by Gasteiger charge is 2.34. The van der Waals surface area contributed by atoms with Crippen LogP contribution in [0.1, 0.15) is 132 Å². The van der Waals surface area contributed by atoms with Gasteiger partial charge in [-0.15, -0.1) is 68.0 Å². The molecule has 454 valence electrons. The highest BCUT2D eigenvalue weighted by molar-refractivity contribution is 7.15. The maximum atomic E-state index is 14.3. The molecular weight excluding hydrogens is 1230 g/mol. The van der Waals surface area contributed by atoms with Gasteiger partial charge in [0.25, 0.3) is 17.7 Å². The third-order valence-electron chi connectivity index (χ3n) is 14.4.